The number of ketones is 2. The predicted octanol–water partition coefficient (Wildman–Crippen LogP) is 33.5. The zero-order chi connectivity index (χ0) is 89.4. The molecule has 5 nitrogen and oxygen atoms in total. The molecule has 0 aromatic heterocycles. The van der Waals surface area contributed by atoms with E-state index in [4.69, 9.17) is 11.6 Å². The highest BCUT2D eigenvalue weighted by atomic mass is 79.9. The molecule has 18 aromatic carbocycles. The first-order chi connectivity index (χ1) is 62.6. The van der Waals surface area contributed by atoms with Crippen LogP contribution in [0.15, 0.2) is 332 Å². The average molecular weight is 1760 g/mol. The lowest BCUT2D eigenvalue weighted by Crippen LogP contribution is -2.18. The molecule has 7 aliphatic carbocycles. The van der Waals surface area contributed by atoms with Gasteiger partial charge in [0.25, 0.3) is 0 Å². The molecule has 0 atom stereocenters. The summed E-state index contributed by atoms with van der Waals surface area (Å²) in [5, 5.41) is 11.9. The van der Waals surface area contributed by atoms with Gasteiger partial charge in [0.1, 0.15) is 0 Å². The molecule has 0 aliphatic heterocycles. The lowest BCUT2D eigenvalue weighted by atomic mass is 9.78. The number of rotatable bonds is 8. The molecular weight excluding hydrogens is 1670 g/mol. The number of aryl methyl sites for hydroxylation is 3. The molecule has 630 valence electrons. The summed E-state index contributed by atoms with van der Waals surface area (Å²) in [5.74, 6) is 0.118. The Hall–Kier alpha value is -13.8. The maximum atomic E-state index is 15.7. The number of nitrogens with one attached hydrogen (secondary N) is 1. The van der Waals surface area contributed by atoms with Crippen molar-refractivity contribution in [3.63, 3.8) is 0 Å². The van der Waals surface area contributed by atoms with Crippen LogP contribution in [0.25, 0.3) is 121 Å². The Kier molecular flexibility index (Phi) is 18.1. The van der Waals surface area contributed by atoms with E-state index < -0.39 is 0 Å². The molecule has 0 saturated carbocycles. The number of carbonyl (C=O) groups is 2. The summed E-state index contributed by atoms with van der Waals surface area (Å²) in [6.07, 6.45) is 0. The van der Waals surface area contributed by atoms with Gasteiger partial charge in [-0.3, -0.25) is 9.59 Å². The molecule has 0 unspecified atom stereocenters. The summed E-state index contributed by atoms with van der Waals surface area (Å²) in [6.45, 7) is 29.7. The number of benzene rings is 18. The van der Waals surface area contributed by atoms with Gasteiger partial charge in [-0.15, -0.1) is 0 Å². The van der Waals surface area contributed by atoms with E-state index >= 15 is 4.79 Å². The first-order valence-corrected chi connectivity index (χ1v) is 46.6. The van der Waals surface area contributed by atoms with Crippen LogP contribution in [0.4, 0.5) is 39.8 Å². The molecule has 0 saturated heterocycles. The van der Waals surface area contributed by atoms with E-state index in [0.29, 0.717) is 10.6 Å². The highest BCUT2D eigenvalue weighted by molar-refractivity contribution is 9.10. The van der Waals surface area contributed by atoms with Crippen molar-refractivity contribution >= 4 is 111 Å². The molecule has 0 amide bonds. The summed E-state index contributed by atoms with van der Waals surface area (Å²) in [6, 6.07) is 119. The highest BCUT2D eigenvalue weighted by Gasteiger charge is 2.48. The maximum Gasteiger partial charge on any atom is 0.194 e. The summed E-state index contributed by atoms with van der Waals surface area (Å²) in [4.78, 5) is 33.4. The van der Waals surface area contributed by atoms with Crippen molar-refractivity contribution < 1.29 is 9.59 Å². The summed E-state index contributed by atoms with van der Waals surface area (Å²) in [5.41, 5.74) is 45.7. The van der Waals surface area contributed by atoms with Gasteiger partial charge in [-0.2, -0.15) is 0 Å². The van der Waals surface area contributed by atoms with E-state index in [1.807, 2.05) is 18.2 Å². The van der Waals surface area contributed by atoms with Crippen LogP contribution in [-0.4, -0.2) is 18.6 Å². The summed E-state index contributed by atoms with van der Waals surface area (Å²) >= 11 is 9.88. The quantitative estimate of drug-likeness (QED) is 0.164. The minimum atomic E-state index is -0.387. The van der Waals surface area contributed by atoms with Gasteiger partial charge in [-0.1, -0.05) is 338 Å². The van der Waals surface area contributed by atoms with Crippen molar-refractivity contribution in [2.75, 3.05) is 22.2 Å². The van der Waals surface area contributed by atoms with E-state index in [1.165, 1.54) is 171 Å². The summed E-state index contributed by atoms with van der Waals surface area (Å²) < 4.78 is 0.978. The molecule has 7 heteroatoms. The fraction of sp³-hybridized carbons (Fsp3) is 0.154. The van der Waals surface area contributed by atoms with Crippen molar-refractivity contribution in [3.05, 3.63) is 432 Å². The predicted molar refractivity (Wildman–Crippen MR) is 549 cm³/mol. The van der Waals surface area contributed by atoms with E-state index in [0.717, 1.165) is 83.2 Å². The van der Waals surface area contributed by atoms with Gasteiger partial charge in [0.05, 0.1) is 0 Å². The van der Waals surface area contributed by atoms with Crippen LogP contribution in [0.5, 0.6) is 0 Å². The number of nitrogens with zero attached hydrogens (tertiary/aromatic N) is 2. The fourth-order valence-corrected chi connectivity index (χ4v) is 24.3. The van der Waals surface area contributed by atoms with Crippen LogP contribution >= 0.6 is 27.5 Å². The zero-order valence-corrected chi connectivity index (χ0v) is 78.0. The topological polar surface area (TPSA) is 52.7 Å². The van der Waals surface area contributed by atoms with E-state index in [1.54, 1.807) is 6.07 Å². The van der Waals surface area contributed by atoms with Gasteiger partial charge < -0.3 is 15.1 Å². The first-order valence-electron chi connectivity index (χ1n) is 45.4. The minimum Gasteiger partial charge on any atom is -0.356 e. The van der Waals surface area contributed by atoms with Crippen molar-refractivity contribution in [2.45, 2.75) is 117 Å². The van der Waals surface area contributed by atoms with Crippen molar-refractivity contribution in [2.24, 2.45) is 0 Å². The molecule has 0 heterocycles. The van der Waals surface area contributed by atoms with Crippen LogP contribution in [0.1, 0.15) is 173 Å². The number of carbonyl (C=O) groups excluding carboxylic acids is 2. The molecule has 18 aromatic rings. The molecule has 130 heavy (non-hydrogen) atoms. The van der Waals surface area contributed by atoms with E-state index in [9.17, 15) is 4.79 Å². The Labute approximate surface area is 774 Å². The summed E-state index contributed by atoms with van der Waals surface area (Å²) in [7, 11) is 2.20. The van der Waals surface area contributed by atoms with Gasteiger partial charge in [0.15, 0.2) is 11.6 Å². The lowest BCUT2D eigenvalue weighted by molar-refractivity contribution is 0.103. The van der Waals surface area contributed by atoms with E-state index in [-0.39, 0.29) is 38.6 Å². The Bertz CT molecular complexity index is 8030. The molecule has 0 radical (unpaired) electrons. The number of anilines is 7. The molecule has 0 fully saturated rings. The van der Waals surface area contributed by atoms with Crippen LogP contribution in [-0.2, 0) is 27.1 Å². The molecule has 0 bridgehead atoms. The second-order valence-electron chi connectivity index (χ2n) is 39.5. The van der Waals surface area contributed by atoms with Crippen LogP contribution in [0, 0.1) is 20.8 Å². The van der Waals surface area contributed by atoms with Gasteiger partial charge in [0.2, 0.25) is 0 Å². The molecule has 7 aliphatic rings. The van der Waals surface area contributed by atoms with Crippen LogP contribution in [0.3, 0.4) is 0 Å². The van der Waals surface area contributed by atoms with Crippen molar-refractivity contribution in [1.82, 2.24) is 0 Å². The molecule has 25 rings (SSSR count). The fourth-order valence-electron chi connectivity index (χ4n) is 23.5. The third kappa shape index (κ3) is 11.9. The number of halogens is 2. The van der Waals surface area contributed by atoms with Crippen LogP contribution < -0.4 is 15.1 Å². The Morgan fingerprint density at radius 3 is 1.25 bits per heavy atom. The molecular formula is C123H97BrClN3O2. The second kappa shape index (κ2) is 29.1. The van der Waals surface area contributed by atoms with Crippen molar-refractivity contribution in [3.8, 4) is 89.0 Å². The van der Waals surface area contributed by atoms with Crippen molar-refractivity contribution in [1.29, 1.82) is 0 Å². The molecule has 0 spiro atoms. The third-order valence-corrected chi connectivity index (χ3v) is 30.9. The van der Waals surface area contributed by atoms with Crippen LogP contribution in [0.2, 0.25) is 5.02 Å². The third-order valence-electron chi connectivity index (χ3n) is 30.1. The largest absolute Gasteiger partial charge is 0.356 e. The molecule has 1 N–H and O–H groups in total. The first kappa shape index (κ1) is 80.8. The van der Waals surface area contributed by atoms with Gasteiger partial charge >= 0.3 is 0 Å². The SMILES string of the molecule is CC1(C)c2ccccc2-c2c(Br)cc3c(c21)-c1ccc(Cl)cc1C3=O.Cc1ccc(N(c2ccc3c(c2)C(=O)c2cc(N(C)c4ccc(C)cc4-c4ccc5c(c4)C(C)(C)c4ccc6ccccc6c4-5)c4c(c2-3)C(C)(C)c2ccccc2-4)c2ccc3c(c2)C(C)(C)c2ccc4ccccc4c2-3)cc1.Cc1ccc(Nc2ccc3c(c2)C(C)(C)c2ccc4ccccc4c2-3)cc1. The van der Waals surface area contributed by atoms with Gasteiger partial charge in [0, 0.05) is 122 Å². The minimum absolute atomic E-state index is 0.000333. The number of fused-ring (bicyclic) bond motifs is 29. The second-order valence-corrected chi connectivity index (χ2v) is 40.8. The Balaban J connectivity index is 0.000000149. The van der Waals surface area contributed by atoms with Gasteiger partial charge in [-0.05, 0) is 284 Å². The Morgan fingerprint density at radius 1 is 0.277 bits per heavy atom. The smallest absolute Gasteiger partial charge is 0.194 e. The Morgan fingerprint density at radius 2 is 0.692 bits per heavy atom. The number of hydrogen-bond donors (Lipinski definition) is 1. The highest BCUT2D eigenvalue weighted by Crippen LogP contribution is 2.63. The van der Waals surface area contributed by atoms with Gasteiger partial charge in [-0.25, -0.2) is 0 Å². The van der Waals surface area contributed by atoms with E-state index in [2.05, 4.69) is 431 Å². The number of hydrogen-bond acceptors (Lipinski definition) is 5. The standard InChI is InChI=1S/C75H60N2O.C26H23N.C22H14BrClO/c1-43-22-28-48(29-23-43)77(50-31-34-56-64(41-50)74(5,6)62-36-27-46-17-11-13-19-52(46)68(56)62)49-30-33-53-58(40-49)72(78)59-42-66(70-54-20-14-15-21-60(54)75(7,8)71(70)69(53)59)76(9)65-37-24-44(2)38-57(65)47-25-32-55-63(39-47)73(3,4)61-35-26-45-16-10-12-18-51(45)67(55)61;1-17-8-11-19(12-9-17)27-20-13-14-22-24(16-20)26(2,3)23-15-10-18-6-4-5-7-21(18)25(22)23;1-22(2)16-6-4-3-5-13(16)19-17(23)10-15-18(20(19)22)12-8-7-11(24)9-14(12)21(15)25/h10-42H,1-9H3;4-16,27H,1-3H3;3-10H,1-2H3. The normalized spacial score (nSPS) is 15.0. The lowest BCUT2D eigenvalue weighted by Gasteiger charge is -2.30. The average Bonchev–Trinajstić information content (AvgIpc) is 1.52. The maximum absolute atomic E-state index is 15.7. The monoisotopic (exact) mass is 1760 g/mol. The zero-order valence-electron chi connectivity index (χ0n) is 75.6.